The molecule has 84 valence electrons. The summed E-state index contributed by atoms with van der Waals surface area (Å²) in [5.74, 6) is 0. The fourth-order valence-corrected chi connectivity index (χ4v) is 1.80. The Bertz CT molecular complexity index is 535. The number of thioether (sulfide) groups is 1. The second kappa shape index (κ2) is 4.47. The summed E-state index contributed by atoms with van der Waals surface area (Å²) in [5.41, 5.74) is 0.0309. The largest absolute Gasteiger partial charge is 0.280 e. The summed E-state index contributed by atoms with van der Waals surface area (Å²) in [5, 5.41) is 0.972. The van der Waals surface area contributed by atoms with Crippen molar-refractivity contribution in [1.29, 1.82) is 0 Å². The molecule has 0 saturated carbocycles. The first-order valence-corrected chi connectivity index (χ1v) is 5.87. The molecule has 0 aliphatic heterocycles. The topological polar surface area (TPSA) is 38.7 Å². The maximum Gasteiger partial charge on any atom is 0.280 e. The Kier molecular flexibility index (Phi) is 3.20. The lowest BCUT2D eigenvalue weighted by Gasteiger charge is -2.04. The molecule has 0 aliphatic rings. The third kappa shape index (κ3) is 2.08. The van der Waals surface area contributed by atoms with Crippen LogP contribution in [0.15, 0.2) is 17.4 Å². The van der Waals surface area contributed by atoms with E-state index in [1.165, 1.54) is 24.0 Å². The van der Waals surface area contributed by atoms with E-state index in [2.05, 4.69) is 15.0 Å². The van der Waals surface area contributed by atoms with Crippen molar-refractivity contribution in [3.63, 3.8) is 0 Å². The summed E-state index contributed by atoms with van der Waals surface area (Å²) in [6.07, 6.45) is 0.631. The van der Waals surface area contributed by atoms with Gasteiger partial charge in [0.15, 0.2) is 10.3 Å². The van der Waals surface area contributed by atoms with Crippen LogP contribution in [0.3, 0.4) is 0 Å². The van der Waals surface area contributed by atoms with Gasteiger partial charge in [0.2, 0.25) is 0 Å². The molecule has 2 aromatic heterocycles. The highest BCUT2D eigenvalue weighted by molar-refractivity contribution is 7.98. The van der Waals surface area contributed by atoms with Crippen LogP contribution >= 0.6 is 23.4 Å². The van der Waals surface area contributed by atoms with Gasteiger partial charge in [0.05, 0.1) is 0 Å². The average Bonchev–Trinajstić information content (AvgIpc) is 2.28. The van der Waals surface area contributed by atoms with E-state index < -0.39 is 6.43 Å². The van der Waals surface area contributed by atoms with Gasteiger partial charge in [0.1, 0.15) is 11.2 Å². The first-order valence-electron chi connectivity index (χ1n) is 4.27. The van der Waals surface area contributed by atoms with E-state index in [9.17, 15) is 8.78 Å². The van der Waals surface area contributed by atoms with Crippen LogP contribution in [0, 0.1) is 0 Å². The monoisotopic (exact) mass is 261 g/mol. The normalized spacial score (nSPS) is 11.3. The molecule has 0 N–H and O–H groups in total. The van der Waals surface area contributed by atoms with E-state index in [-0.39, 0.29) is 10.8 Å². The molecule has 0 fully saturated rings. The fraction of sp³-hybridized carbons (Fsp3) is 0.222. The van der Waals surface area contributed by atoms with Crippen molar-refractivity contribution in [2.45, 2.75) is 11.6 Å². The van der Waals surface area contributed by atoms with Gasteiger partial charge in [0.25, 0.3) is 6.43 Å². The molecule has 0 atom stereocenters. The zero-order valence-corrected chi connectivity index (χ0v) is 9.69. The molecule has 0 spiro atoms. The lowest BCUT2D eigenvalue weighted by atomic mass is 10.2. The number of halogens is 3. The molecular formula is C9H6ClF2N3S. The van der Waals surface area contributed by atoms with E-state index in [0.29, 0.717) is 16.1 Å². The minimum absolute atomic E-state index is 0.0227. The van der Waals surface area contributed by atoms with E-state index in [1.807, 2.05) is 6.26 Å². The lowest BCUT2D eigenvalue weighted by molar-refractivity contribution is 0.146. The standard InChI is InChI=1S/C9H6ClF2N3S/c1-16-9-13-3-4-2-5(8(11)12)14-7(10)6(4)15-9/h2-3,8H,1H3. The number of fused-ring (bicyclic) bond motifs is 1. The molecule has 7 heteroatoms. The van der Waals surface area contributed by atoms with E-state index >= 15 is 0 Å². The van der Waals surface area contributed by atoms with Crippen molar-refractivity contribution < 1.29 is 8.78 Å². The molecule has 0 bridgehead atoms. The summed E-state index contributed by atoms with van der Waals surface area (Å²) in [6, 6.07) is 1.25. The SMILES string of the molecule is CSc1ncc2cc(C(F)F)nc(Cl)c2n1. The molecule has 16 heavy (non-hydrogen) atoms. The predicted molar refractivity (Wildman–Crippen MR) is 59.1 cm³/mol. The average molecular weight is 262 g/mol. The maximum atomic E-state index is 12.5. The minimum Gasteiger partial charge on any atom is -0.233 e. The van der Waals surface area contributed by atoms with Gasteiger partial charge in [-0.15, -0.1) is 0 Å². The molecule has 2 aromatic rings. The summed E-state index contributed by atoms with van der Waals surface area (Å²) >= 11 is 7.14. The highest BCUT2D eigenvalue weighted by Gasteiger charge is 2.13. The van der Waals surface area contributed by atoms with Crippen LogP contribution < -0.4 is 0 Å². The molecule has 0 aromatic carbocycles. The molecular weight excluding hydrogens is 256 g/mol. The third-order valence-electron chi connectivity index (χ3n) is 1.93. The van der Waals surface area contributed by atoms with E-state index in [1.54, 1.807) is 0 Å². The molecule has 0 aliphatic carbocycles. The molecule has 2 rings (SSSR count). The number of pyridine rings is 1. The Morgan fingerprint density at radius 3 is 2.75 bits per heavy atom. The molecule has 0 amide bonds. The van der Waals surface area contributed by atoms with Gasteiger partial charge in [-0.25, -0.2) is 23.7 Å². The van der Waals surface area contributed by atoms with Crippen LogP contribution in [0.25, 0.3) is 10.9 Å². The number of hydrogen-bond acceptors (Lipinski definition) is 4. The van der Waals surface area contributed by atoms with Crippen LogP contribution in [0.4, 0.5) is 8.78 Å². The third-order valence-corrected chi connectivity index (χ3v) is 2.75. The number of nitrogens with zero attached hydrogens (tertiary/aromatic N) is 3. The first-order chi connectivity index (χ1) is 7.61. The number of aromatic nitrogens is 3. The van der Waals surface area contributed by atoms with Crippen LogP contribution in [-0.4, -0.2) is 21.2 Å². The summed E-state index contributed by atoms with van der Waals surface area (Å²) in [6.45, 7) is 0. The highest BCUT2D eigenvalue weighted by atomic mass is 35.5. The van der Waals surface area contributed by atoms with Gasteiger partial charge < -0.3 is 0 Å². The zero-order valence-electron chi connectivity index (χ0n) is 8.12. The van der Waals surface area contributed by atoms with Gasteiger partial charge in [-0.1, -0.05) is 23.4 Å². The van der Waals surface area contributed by atoms with Gasteiger partial charge in [0, 0.05) is 11.6 Å². The maximum absolute atomic E-state index is 12.5. The summed E-state index contributed by atoms with van der Waals surface area (Å²) in [7, 11) is 0. The zero-order chi connectivity index (χ0) is 11.7. The summed E-state index contributed by atoms with van der Waals surface area (Å²) < 4.78 is 24.9. The van der Waals surface area contributed by atoms with Crippen molar-refractivity contribution in [2.24, 2.45) is 0 Å². The van der Waals surface area contributed by atoms with E-state index in [4.69, 9.17) is 11.6 Å². The van der Waals surface area contributed by atoms with Gasteiger partial charge in [-0.2, -0.15) is 0 Å². The molecule has 2 heterocycles. The Hall–Kier alpha value is -1.01. The minimum atomic E-state index is -2.65. The van der Waals surface area contributed by atoms with Crippen LogP contribution in [0.5, 0.6) is 0 Å². The Labute approximate surface area is 99.3 Å². The van der Waals surface area contributed by atoms with E-state index in [0.717, 1.165) is 0 Å². The predicted octanol–water partition coefficient (Wildman–Crippen LogP) is 3.34. The van der Waals surface area contributed by atoms with Crippen molar-refractivity contribution in [3.05, 3.63) is 23.1 Å². The van der Waals surface area contributed by atoms with Crippen molar-refractivity contribution in [2.75, 3.05) is 6.26 Å². The lowest BCUT2D eigenvalue weighted by Crippen LogP contribution is -1.95. The Balaban J connectivity index is 2.66. The molecule has 0 radical (unpaired) electrons. The molecule has 0 saturated heterocycles. The number of alkyl halides is 2. The van der Waals surface area contributed by atoms with Gasteiger partial charge in [-0.3, -0.25) is 0 Å². The quantitative estimate of drug-likeness (QED) is 0.472. The fourth-order valence-electron chi connectivity index (χ4n) is 1.21. The smallest absolute Gasteiger partial charge is 0.233 e. The summed E-state index contributed by atoms with van der Waals surface area (Å²) in [4.78, 5) is 11.7. The van der Waals surface area contributed by atoms with Crippen molar-refractivity contribution in [1.82, 2.24) is 15.0 Å². The second-order valence-corrected chi connectivity index (χ2v) is 4.06. The van der Waals surface area contributed by atoms with Crippen LogP contribution in [0.1, 0.15) is 12.1 Å². The first kappa shape index (κ1) is 11.5. The molecule has 0 unspecified atom stereocenters. The second-order valence-electron chi connectivity index (χ2n) is 2.93. The van der Waals surface area contributed by atoms with Crippen LogP contribution in [0.2, 0.25) is 5.15 Å². The van der Waals surface area contributed by atoms with Crippen LogP contribution in [-0.2, 0) is 0 Å². The van der Waals surface area contributed by atoms with Gasteiger partial charge >= 0.3 is 0 Å². The molecule has 3 nitrogen and oxygen atoms in total. The Morgan fingerprint density at radius 2 is 2.12 bits per heavy atom. The Morgan fingerprint density at radius 1 is 1.38 bits per heavy atom. The van der Waals surface area contributed by atoms with Gasteiger partial charge in [-0.05, 0) is 12.3 Å². The highest BCUT2D eigenvalue weighted by Crippen LogP contribution is 2.26. The number of rotatable bonds is 2. The van der Waals surface area contributed by atoms with Crippen molar-refractivity contribution in [3.8, 4) is 0 Å². The van der Waals surface area contributed by atoms with Crippen molar-refractivity contribution >= 4 is 34.3 Å². The number of hydrogen-bond donors (Lipinski definition) is 0.